The van der Waals surface area contributed by atoms with E-state index in [-0.39, 0.29) is 24.2 Å². The van der Waals surface area contributed by atoms with Crippen molar-refractivity contribution in [1.82, 2.24) is 9.80 Å². The van der Waals surface area contributed by atoms with Gasteiger partial charge < -0.3 is 15.4 Å². The summed E-state index contributed by atoms with van der Waals surface area (Å²) in [6, 6.07) is 0.225. The van der Waals surface area contributed by atoms with Crippen molar-refractivity contribution in [1.29, 1.82) is 0 Å². The zero-order chi connectivity index (χ0) is 14.0. The van der Waals surface area contributed by atoms with Crippen molar-refractivity contribution in [2.24, 2.45) is 11.7 Å². The van der Waals surface area contributed by atoms with Gasteiger partial charge in [-0.25, -0.2) is 0 Å². The van der Waals surface area contributed by atoms with E-state index in [0.29, 0.717) is 25.6 Å². The third-order valence-corrected chi connectivity index (χ3v) is 4.18. The summed E-state index contributed by atoms with van der Waals surface area (Å²) < 4.78 is 5.66. The first-order valence-electron chi connectivity index (χ1n) is 7.37. The second-order valence-corrected chi connectivity index (χ2v) is 6.20. The average molecular weight is 269 g/mol. The molecule has 2 heterocycles. The lowest BCUT2D eigenvalue weighted by Crippen LogP contribution is -2.51. The van der Waals surface area contributed by atoms with Crippen LogP contribution >= 0.6 is 0 Å². The predicted molar refractivity (Wildman–Crippen MR) is 74.8 cm³/mol. The van der Waals surface area contributed by atoms with Gasteiger partial charge in [0.1, 0.15) is 0 Å². The molecule has 0 bridgehead atoms. The normalized spacial score (nSPS) is 34.5. The molecule has 0 aromatic heterocycles. The van der Waals surface area contributed by atoms with Gasteiger partial charge in [-0.15, -0.1) is 0 Å². The molecule has 5 nitrogen and oxygen atoms in total. The Balaban J connectivity index is 1.81. The van der Waals surface area contributed by atoms with Crippen LogP contribution in [0.4, 0.5) is 0 Å². The number of ether oxygens (including phenoxy) is 1. The first-order valence-corrected chi connectivity index (χ1v) is 7.37. The van der Waals surface area contributed by atoms with E-state index < -0.39 is 0 Å². The zero-order valence-electron chi connectivity index (χ0n) is 12.3. The fourth-order valence-corrected chi connectivity index (χ4v) is 3.11. The summed E-state index contributed by atoms with van der Waals surface area (Å²) >= 11 is 0. The Hall–Kier alpha value is -0.650. The fourth-order valence-electron chi connectivity index (χ4n) is 3.11. The predicted octanol–water partition coefficient (Wildman–Crippen LogP) is 0.291. The number of morpholine rings is 1. The van der Waals surface area contributed by atoms with Crippen LogP contribution < -0.4 is 5.73 Å². The van der Waals surface area contributed by atoms with Crippen LogP contribution in [-0.2, 0) is 9.53 Å². The van der Waals surface area contributed by atoms with Gasteiger partial charge >= 0.3 is 0 Å². The van der Waals surface area contributed by atoms with E-state index in [2.05, 4.69) is 11.8 Å². The van der Waals surface area contributed by atoms with Gasteiger partial charge in [-0.3, -0.25) is 9.69 Å². The highest BCUT2D eigenvalue weighted by Gasteiger charge is 2.30. The molecule has 110 valence electrons. The zero-order valence-corrected chi connectivity index (χ0v) is 12.3. The summed E-state index contributed by atoms with van der Waals surface area (Å²) in [5, 5.41) is 0. The van der Waals surface area contributed by atoms with Crippen molar-refractivity contribution in [2.45, 2.75) is 45.4 Å². The molecular weight excluding hydrogens is 242 g/mol. The maximum atomic E-state index is 12.3. The number of hydrogen-bond donors (Lipinski definition) is 1. The highest BCUT2D eigenvalue weighted by atomic mass is 16.5. The third-order valence-electron chi connectivity index (χ3n) is 4.18. The van der Waals surface area contributed by atoms with Crippen LogP contribution in [0.15, 0.2) is 0 Å². The minimum atomic E-state index is 0.142. The van der Waals surface area contributed by atoms with Crippen molar-refractivity contribution < 1.29 is 9.53 Å². The molecule has 2 N–H and O–H groups in total. The second-order valence-electron chi connectivity index (χ2n) is 6.20. The van der Waals surface area contributed by atoms with E-state index >= 15 is 0 Å². The smallest absolute Gasteiger partial charge is 0.236 e. The van der Waals surface area contributed by atoms with Gasteiger partial charge in [-0.05, 0) is 39.7 Å². The Kier molecular flexibility index (Phi) is 4.81. The van der Waals surface area contributed by atoms with Crippen LogP contribution in [-0.4, -0.2) is 66.7 Å². The first kappa shape index (κ1) is 14.8. The summed E-state index contributed by atoms with van der Waals surface area (Å²) in [7, 11) is 0. The van der Waals surface area contributed by atoms with Gasteiger partial charge in [-0.2, -0.15) is 0 Å². The number of carbonyl (C=O) groups excluding carboxylic acids is 1. The van der Waals surface area contributed by atoms with Gasteiger partial charge in [-0.1, -0.05) is 0 Å². The van der Waals surface area contributed by atoms with Crippen molar-refractivity contribution in [3.05, 3.63) is 0 Å². The fraction of sp³-hybridized carbons (Fsp3) is 0.929. The molecule has 4 unspecified atom stereocenters. The lowest BCUT2D eigenvalue weighted by Gasteiger charge is -2.36. The Morgan fingerprint density at radius 3 is 2.47 bits per heavy atom. The number of amides is 1. The van der Waals surface area contributed by atoms with Crippen molar-refractivity contribution in [3.8, 4) is 0 Å². The monoisotopic (exact) mass is 269 g/mol. The van der Waals surface area contributed by atoms with Crippen LogP contribution in [0.1, 0.15) is 27.2 Å². The molecule has 4 atom stereocenters. The van der Waals surface area contributed by atoms with E-state index in [4.69, 9.17) is 10.5 Å². The molecule has 0 aromatic carbocycles. The molecule has 5 heteroatoms. The van der Waals surface area contributed by atoms with Crippen LogP contribution in [0, 0.1) is 5.92 Å². The number of likely N-dealkylation sites (tertiary alicyclic amines) is 1. The molecule has 1 amide bonds. The Morgan fingerprint density at radius 1 is 1.32 bits per heavy atom. The van der Waals surface area contributed by atoms with Gasteiger partial charge in [0.2, 0.25) is 5.91 Å². The van der Waals surface area contributed by atoms with E-state index in [0.717, 1.165) is 19.5 Å². The van der Waals surface area contributed by atoms with Gasteiger partial charge in [0.15, 0.2) is 0 Å². The van der Waals surface area contributed by atoms with E-state index in [1.54, 1.807) is 0 Å². The van der Waals surface area contributed by atoms with Crippen molar-refractivity contribution in [2.75, 3.05) is 32.7 Å². The largest absolute Gasteiger partial charge is 0.372 e. The van der Waals surface area contributed by atoms with Crippen molar-refractivity contribution >= 4 is 5.91 Å². The quantitative estimate of drug-likeness (QED) is 0.800. The molecule has 0 radical (unpaired) electrons. The van der Waals surface area contributed by atoms with Gasteiger partial charge in [0.05, 0.1) is 18.8 Å². The van der Waals surface area contributed by atoms with Crippen LogP contribution in [0.3, 0.4) is 0 Å². The first-order chi connectivity index (χ1) is 8.95. The molecule has 2 aliphatic heterocycles. The molecule has 0 saturated carbocycles. The Bertz CT molecular complexity index is 312. The van der Waals surface area contributed by atoms with Gasteiger partial charge in [0, 0.05) is 25.7 Å². The summed E-state index contributed by atoms with van der Waals surface area (Å²) in [6.45, 7) is 10.0. The highest BCUT2D eigenvalue weighted by molar-refractivity contribution is 5.78. The summed E-state index contributed by atoms with van der Waals surface area (Å²) in [6.07, 6.45) is 1.40. The Morgan fingerprint density at radius 2 is 1.95 bits per heavy atom. The minimum absolute atomic E-state index is 0.142. The topological polar surface area (TPSA) is 58.8 Å². The molecule has 2 fully saturated rings. The number of nitrogens with two attached hydrogens (primary N) is 1. The maximum absolute atomic E-state index is 12.3. The number of nitrogens with zero attached hydrogens (tertiary/aromatic N) is 2. The minimum Gasteiger partial charge on any atom is -0.372 e. The van der Waals surface area contributed by atoms with Gasteiger partial charge in [0.25, 0.3) is 0 Å². The number of rotatable bonds is 3. The third kappa shape index (κ3) is 3.91. The molecule has 19 heavy (non-hydrogen) atoms. The average Bonchev–Trinajstić information content (AvgIpc) is 2.76. The summed E-state index contributed by atoms with van der Waals surface area (Å²) in [4.78, 5) is 16.5. The van der Waals surface area contributed by atoms with E-state index in [9.17, 15) is 4.79 Å². The van der Waals surface area contributed by atoms with Crippen molar-refractivity contribution in [3.63, 3.8) is 0 Å². The molecule has 2 aliphatic rings. The molecule has 0 aromatic rings. The molecular formula is C14H27N3O2. The second kappa shape index (κ2) is 6.20. The molecule has 2 saturated heterocycles. The standard InChI is InChI=1S/C14H27N3O2/c1-10-6-17(7-11(2)19-10)14(18)9-16-5-4-13(8-16)12(3)15/h10-13H,4-9,15H2,1-3H3. The molecule has 0 spiro atoms. The molecule has 2 rings (SSSR count). The highest BCUT2D eigenvalue weighted by Crippen LogP contribution is 2.19. The Labute approximate surface area is 116 Å². The van der Waals surface area contributed by atoms with Crippen LogP contribution in [0.25, 0.3) is 0 Å². The van der Waals surface area contributed by atoms with Crippen LogP contribution in [0.2, 0.25) is 0 Å². The lowest BCUT2D eigenvalue weighted by atomic mass is 10.0. The van der Waals surface area contributed by atoms with E-state index in [1.807, 2.05) is 18.7 Å². The lowest BCUT2D eigenvalue weighted by molar-refractivity contribution is -0.144. The maximum Gasteiger partial charge on any atom is 0.236 e. The number of carbonyl (C=O) groups is 1. The SMILES string of the molecule is CC1CN(C(=O)CN2CCC(C(C)N)C2)CC(C)O1. The van der Waals surface area contributed by atoms with E-state index in [1.165, 1.54) is 0 Å². The molecule has 0 aliphatic carbocycles. The van der Waals surface area contributed by atoms with Crippen LogP contribution in [0.5, 0.6) is 0 Å². The summed E-state index contributed by atoms with van der Waals surface area (Å²) in [5.74, 6) is 0.766. The summed E-state index contributed by atoms with van der Waals surface area (Å²) in [5.41, 5.74) is 5.93. The number of hydrogen-bond acceptors (Lipinski definition) is 4.